The molecular weight excluding hydrogens is 244 g/mol. The van der Waals surface area contributed by atoms with E-state index in [4.69, 9.17) is 10.8 Å². The molecule has 0 bridgehead atoms. The lowest BCUT2D eigenvalue weighted by molar-refractivity contribution is -0.134. The summed E-state index contributed by atoms with van der Waals surface area (Å²) in [5, 5.41) is 8.59. The first-order valence-electron chi connectivity index (χ1n) is 5.01. The molecule has 0 atom stereocenters. The van der Waals surface area contributed by atoms with Crippen molar-refractivity contribution in [3.8, 4) is 0 Å². The van der Waals surface area contributed by atoms with Gasteiger partial charge in [0.1, 0.15) is 0 Å². The third kappa shape index (κ3) is 2.05. The van der Waals surface area contributed by atoms with Gasteiger partial charge in [0, 0.05) is 6.54 Å². The van der Waals surface area contributed by atoms with Crippen LogP contribution < -0.4 is 10.0 Å². The third-order valence-electron chi connectivity index (χ3n) is 2.63. The highest BCUT2D eigenvalue weighted by Crippen LogP contribution is 2.35. The first-order valence-corrected chi connectivity index (χ1v) is 6.62. The normalized spacial score (nSPS) is 14.7. The smallest absolute Gasteiger partial charge is 0.320 e. The highest BCUT2D eigenvalue weighted by Gasteiger charge is 2.32. The lowest BCUT2D eigenvalue weighted by Crippen LogP contribution is -2.34. The van der Waals surface area contributed by atoms with Crippen molar-refractivity contribution in [3.63, 3.8) is 0 Å². The fraction of sp³-hybridized carbons (Fsp3) is 0.300. The lowest BCUT2D eigenvalue weighted by Gasteiger charge is -2.19. The molecule has 1 aliphatic heterocycles. The predicted molar refractivity (Wildman–Crippen MR) is 63.3 cm³/mol. The number of fused-ring (bicyclic) bond motifs is 1. The Morgan fingerprint density at radius 2 is 2.18 bits per heavy atom. The van der Waals surface area contributed by atoms with Crippen molar-refractivity contribution in [1.29, 1.82) is 0 Å². The molecule has 7 heteroatoms. The van der Waals surface area contributed by atoms with E-state index in [-0.39, 0.29) is 6.54 Å². The van der Waals surface area contributed by atoms with Crippen molar-refractivity contribution >= 4 is 27.4 Å². The minimum atomic E-state index is -3.84. The van der Waals surface area contributed by atoms with Crippen molar-refractivity contribution in [2.45, 2.75) is 6.42 Å². The second-order valence-electron chi connectivity index (χ2n) is 3.83. The van der Waals surface area contributed by atoms with Gasteiger partial charge in [0.05, 0.1) is 11.4 Å². The van der Waals surface area contributed by atoms with Gasteiger partial charge in [-0.3, -0.25) is 9.10 Å². The molecule has 0 fully saturated rings. The minimum Gasteiger partial charge on any atom is -0.480 e. The number of anilines is 2. The van der Waals surface area contributed by atoms with E-state index in [0.29, 0.717) is 17.8 Å². The Labute approximate surface area is 98.7 Å². The molecule has 0 aliphatic carbocycles. The number of sulfonamides is 1. The summed E-state index contributed by atoms with van der Waals surface area (Å²) in [4.78, 5) is 10.5. The molecule has 0 spiro atoms. The predicted octanol–water partition coefficient (Wildman–Crippen LogP) is 0.0457. The summed E-state index contributed by atoms with van der Waals surface area (Å²) in [6.07, 6.45) is 0.555. The average Bonchev–Trinajstić information content (AvgIpc) is 2.61. The molecule has 2 rings (SSSR count). The average molecular weight is 256 g/mol. The Morgan fingerprint density at radius 1 is 1.47 bits per heavy atom. The number of nitrogens with two attached hydrogens (primary N) is 1. The van der Waals surface area contributed by atoms with Crippen molar-refractivity contribution in [2.24, 2.45) is 0 Å². The van der Waals surface area contributed by atoms with Crippen LogP contribution in [0.25, 0.3) is 0 Å². The third-order valence-corrected chi connectivity index (χ3v) is 4.27. The van der Waals surface area contributed by atoms with Gasteiger partial charge in [0.2, 0.25) is 10.0 Å². The summed E-state index contributed by atoms with van der Waals surface area (Å²) in [5.74, 6) is -2.28. The molecule has 0 radical (unpaired) electrons. The van der Waals surface area contributed by atoms with Gasteiger partial charge in [-0.1, -0.05) is 12.1 Å². The molecule has 1 aliphatic rings. The number of hydrogen-bond acceptors (Lipinski definition) is 4. The molecule has 0 amide bonds. The van der Waals surface area contributed by atoms with Gasteiger partial charge in [-0.15, -0.1) is 0 Å². The second-order valence-corrected chi connectivity index (χ2v) is 5.72. The lowest BCUT2D eigenvalue weighted by atomic mass is 10.1. The SMILES string of the molecule is Nc1cccc2c1N(S(=O)(=O)CC(=O)O)CC2. The molecular formula is C10H12N2O4S. The maximum atomic E-state index is 11.8. The van der Waals surface area contributed by atoms with E-state index in [1.807, 2.05) is 0 Å². The Hall–Kier alpha value is -1.76. The van der Waals surface area contributed by atoms with Gasteiger partial charge in [-0.05, 0) is 18.1 Å². The van der Waals surface area contributed by atoms with Crippen LogP contribution in [0.3, 0.4) is 0 Å². The van der Waals surface area contributed by atoms with E-state index in [2.05, 4.69) is 0 Å². The van der Waals surface area contributed by atoms with Gasteiger partial charge in [0.15, 0.2) is 5.75 Å². The van der Waals surface area contributed by atoms with E-state index in [1.165, 1.54) is 0 Å². The molecule has 0 saturated carbocycles. The number of carboxylic acids is 1. The van der Waals surface area contributed by atoms with Gasteiger partial charge in [-0.2, -0.15) is 0 Å². The van der Waals surface area contributed by atoms with Gasteiger partial charge in [0.25, 0.3) is 0 Å². The van der Waals surface area contributed by atoms with Crippen LogP contribution in [0.15, 0.2) is 18.2 Å². The van der Waals surface area contributed by atoms with E-state index in [9.17, 15) is 13.2 Å². The van der Waals surface area contributed by atoms with Crippen LogP contribution in [-0.2, 0) is 21.2 Å². The quantitative estimate of drug-likeness (QED) is 0.744. The zero-order valence-electron chi connectivity index (χ0n) is 8.96. The van der Waals surface area contributed by atoms with Crippen LogP contribution in [0.2, 0.25) is 0 Å². The number of nitrogen functional groups attached to an aromatic ring is 1. The molecule has 0 saturated heterocycles. The monoisotopic (exact) mass is 256 g/mol. The van der Waals surface area contributed by atoms with Crippen LogP contribution in [0.1, 0.15) is 5.56 Å². The van der Waals surface area contributed by atoms with E-state index in [1.54, 1.807) is 18.2 Å². The molecule has 0 unspecified atom stereocenters. The number of rotatable bonds is 3. The second kappa shape index (κ2) is 3.92. The fourth-order valence-corrected chi connectivity index (χ4v) is 3.30. The molecule has 1 aromatic rings. The summed E-state index contributed by atoms with van der Waals surface area (Å²) in [7, 11) is -3.84. The molecule has 92 valence electrons. The maximum absolute atomic E-state index is 11.8. The highest BCUT2D eigenvalue weighted by molar-refractivity contribution is 7.93. The maximum Gasteiger partial charge on any atom is 0.320 e. The van der Waals surface area contributed by atoms with Crippen molar-refractivity contribution in [3.05, 3.63) is 23.8 Å². The van der Waals surface area contributed by atoms with Crippen molar-refractivity contribution < 1.29 is 18.3 Å². The van der Waals surface area contributed by atoms with Crippen LogP contribution in [0.4, 0.5) is 11.4 Å². The minimum absolute atomic E-state index is 0.249. The number of nitrogens with zero attached hydrogens (tertiary/aromatic N) is 1. The van der Waals surface area contributed by atoms with E-state index >= 15 is 0 Å². The van der Waals surface area contributed by atoms with Crippen molar-refractivity contribution in [2.75, 3.05) is 22.3 Å². The largest absolute Gasteiger partial charge is 0.480 e. The molecule has 0 aromatic heterocycles. The molecule has 3 N–H and O–H groups in total. The summed E-state index contributed by atoms with van der Waals surface area (Å²) < 4.78 is 24.8. The van der Waals surface area contributed by atoms with Crippen LogP contribution in [-0.4, -0.2) is 31.8 Å². The summed E-state index contributed by atoms with van der Waals surface area (Å²) in [6, 6.07) is 5.15. The molecule has 1 aromatic carbocycles. The molecule has 17 heavy (non-hydrogen) atoms. The number of aliphatic carboxylic acids is 1. The Kier molecular flexibility index (Phi) is 2.70. The Bertz CT molecular complexity index is 568. The first kappa shape index (κ1) is 11.7. The summed E-state index contributed by atoms with van der Waals surface area (Å²) in [5.41, 5.74) is 7.35. The van der Waals surface area contributed by atoms with Gasteiger partial charge >= 0.3 is 5.97 Å². The topological polar surface area (TPSA) is 101 Å². The number of carboxylic acid groups (broad SMARTS) is 1. The number of hydrogen-bond donors (Lipinski definition) is 2. The number of carbonyl (C=O) groups is 1. The van der Waals surface area contributed by atoms with Crippen LogP contribution >= 0.6 is 0 Å². The Morgan fingerprint density at radius 3 is 2.82 bits per heavy atom. The Balaban J connectivity index is 2.44. The summed E-state index contributed by atoms with van der Waals surface area (Å²) in [6.45, 7) is 0.249. The fourth-order valence-electron chi connectivity index (χ4n) is 1.96. The highest BCUT2D eigenvalue weighted by atomic mass is 32.2. The molecule has 1 heterocycles. The zero-order valence-corrected chi connectivity index (χ0v) is 9.77. The van der Waals surface area contributed by atoms with Crippen molar-refractivity contribution in [1.82, 2.24) is 0 Å². The summed E-state index contributed by atoms with van der Waals surface area (Å²) >= 11 is 0. The van der Waals surface area contributed by atoms with E-state index < -0.39 is 21.7 Å². The first-order chi connectivity index (χ1) is 7.92. The molecule has 6 nitrogen and oxygen atoms in total. The standard InChI is InChI=1S/C10H12N2O4S/c11-8-3-1-2-7-4-5-12(10(7)8)17(15,16)6-9(13)14/h1-3H,4-6,11H2,(H,13,14). The van der Waals surface area contributed by atoms with E-state index in [0.717, 1.165) is 9.87 Å². The number of benzene rings is 1. The van der Waals surface area contributed by atoms with Gasteiger partial charge in [-0.25, -0.2) is 8.42 Å². The number of para-hydroxylation sites is 1. The van der Waals surface area contributed by atoms with Gasteiger partial charge < -0.3 is 10.8 Å². The van der Waals surface area contributed by atoms with Crippen LogP contribution in [0.5, 0.6) is 0 Å². The van der Waals surface area contributed by atoms with Crippen LogP contribution in [0, 0.1) is 0 Å². The zero-order chi connectivity index (χ0) is 12.6.